The molecule has 0 unspecified atom stereocenters. The first-order chi connectivity index (χ1) is 6.18. The fourth-order valence-corrected chi connectivity index (χ4v) is 1.50. The summed E-state index contributed by atoms with van der Waals surface area (Å²) in [6.07, 6.45) is 2.00. The molecule has 0 bridgehead atoms. The van der Waals surface area contributed by atoms with Crippen molar-refractivity contribution in [3.8, 4) is 0 Å². The molecule has 13 heavy (non-hydrogen) atoms. The number of nitrogen functional groups attached to an aromatic ring is 1. The molecule has 0 spiro atoms. The summed E-state index contributed by atoms with van der Waals surface area (Å²) in [6, 6.07) is 5.03. The second-order valence-corrected chi connectivity index (χ2v) is 3.81. The zero-order valence-electron chi connectivity index (χ0n) is 7.09. The zero-order valence-corrected chi connectivity index (χ0v) is 7.84. The second kappa shape index (κ2) is 3.04. The van der Waals surface area contributed by atoms with Crippen molar-refractivity contribution in [2.75, 3.05) is 5.73 Å². The van der Waals surface area contributed by atoms with Crippen molar-refractivity contribution in [1.82, 2.24) is 0 Å². The Morgan fingerprint density at radius 3 is 2.69 bits per heavy atom. The van der Waals surface area contributed by atoms with Crippen molar-refractivity contribution < 1.29 is 4.79 Å². The standard InChI is InChI=1S/C10H10ClNO/c11-7-3-4-8(9(12)5-7)10(13)6-1-2-6/h3-6H,1-2,12H2. The lowest BCUT2D eigenvalue weighted by atomic mass is 10.1. The van der Waals surface area contributed by atoms with E-state index in [2.05, 4.69) is 0 Å². The highest BCUT2D eigenvalue weighted by molar-refractivity contribution is 6.31. The van der Waals surface area contributed by atoms with E-state index in [-0.39, 0.29) is 11.7 Å². The van der Waals surface area contributed by atoms with Crippen LogP contribution in [-0.2, 0) is 0 Å². The maximum absolute atomic E-state index is 11.6. The topological polar surface area (TPSA) is 43.1 Å². The maximum atomic E-state index is 11.6. The Hall–Kier alpha value is -1.02. The fourth-order valence-electron chi connectivity index (χ4n) is 1.32. The number of halogens is 1. The first-order valence-corrected chi connectivity index (χ1v) is 4.65. The Balaban J connectivity index is 2.33. The minimum absolute atomic E-state index is 0.161. The molecule has 1 aliphatic rings. The van der Waals surface area contributed by atoms with Crippen molar-refractivity contribution in [2.45, 2.75) is 12.8 Å². The van der Waals surface area contributed by atoms with Crippen LogP contribution in [0.25, 0.3) is 0 Å². The molecule has 0 aromatic heterocycles. The summed E-state index contributed by atoms with van der Waals surface area (Å²) in [6.45, 7) is 0. The van der Waals surface area contributed by atoms with Crippen LogP contribution in [0, 0.1) is 5.92 Å². The van der Waals surface area contributed by atoms with Gasteiger partial charge in [0.2, 0.25) is 0 Å². The van der Waals surface area contributed by atoms with E-state index in [1.54, 1.807) is 18.2 Å². The number of carbonyl (C=O) groups excluding carboxylic acids is 1. The van der Waals surface area contributed by atoms with Crippen molar-refractivity contribution in [3.05, 3.63) is 28.8 Å². The number of hydrogen-bond donors (Lipinski definition) is 1. The van der Waals surface area contributed by atoms with Crippen molar-refractivity contribution in [1.29, 1.82) is 0 Å². The lowest BCUT2D eigenvalue weighted by Gasteiger charge is -2.03. The third kappa shape index (κ3) is 1.68. The van der Waals surface area contributed by atoms with Gasteiger partial charge in [0.15, 0.2) is 5.78 Å². The third-order valence-electron chi connectivity index (χ3n) is 2.23. The van der Waals surface area contributed by atoms with Crippen LogP contribution >= 0.6 is 11.6 Å². The third-order valence-corrected chi connectivity index (χ3v) is 2.46. The first kappa shape index (κ1) is 8.57. The molecule has 2 N–H and O–H groups in total. The highest BCUT2D eigenvalue weighted by Gasteiger charge is 2.31. The SMILES string of the molecule is Nc1cc(Cl)ccc1C(=O)C1CC1. The monoisotopic (exact) mass is 195 g/mol. The Kier molecular flexibility index (Phi) is 2.00. The van der Waals surface area contributed by atoms with E-state index in [1.807, 2.05) is 0 Å². The molecule has 0 saturated heterocycles. The summed E-state index contributed by atoms with van der Waals surface area (Å²) in [5, 5.41) is 0.574. The number of nitrogens with two attached hydrogens (primary N) is 1. The molecule has 0 amide bonds. The van der Waals surface area contributed by atoms with Gasteiger partial charge in [0.25, 0.3) is 0 Å². The van der Waals surface area contributed by atoms with Gasteiger partial charge in [-0.2, -0.15) is 0 Å². The van der Waals surface area contributed by atoms with E-state index in [4.69, 9.17) is 17.3 Å². The van der Waals surface area contributed by atoms with Crippen LogP contribution in [0.5, 0.6) is 0 Å². The molecule has 0 radical (unpaired) electrons. The first-order valence-electron chi connectivity index (χ1n) is 4.27. The number of Topliss-reactive ketones (excluding diaryl/α,β-unsaturated/α-hetero) is 1. The number of benzene rings is 1. The van der Waals surface area contributed by atoms with Crippen LogP contribution in [-0.4, -0.2) is 5.78 Å². The van der Waals surface area contributed by atoms with E-state index < -0.39 is 0 Å². The van der Waals surface area contributed by atoms with Crippen LogP contribution < -0.4 is 5.73 Å². The predicted molar refractivity (Wildman–Crippen MR) is 52.9 cm³/mol. The van der Waals surface area contributed by atoms with Crippen LogP contribution in [0.1, 0.15) is 23.2 Å². The number of hydrogen-bond acceptors (Lipinski definition) is 2. The van der Waals surface area contributed by atoms with Gasteiger partial charge in [-0.05, 0) is 31.0 Å². The Morgan fingerprint density at radius 2 is 2.15 bits per heavy atom. The zero-order chi connectivity index (χ0) is 9.42. The molecular weight excluding hydrogens is 186 g/mol. The quantitative estimate of drug-likeness (QED) is 0.582. The lowest BCUT2D eigenvalue weighted by molar-refractivity contribution is 0.0968. The average molecular weight is 196 g/mol. The van der Waals surface area contributed by atoms with Gasteiger partial charge < -0.3 is 5.73 Å². The van der Waals surface area contributed by atoms with E-state index in [0.29, 0.717) is 16.3 Å². The van der Waals surface area contributed by atoms with Gasteiger partial charge in [0.1, 0.15) is 0 Å². The molecule has 1 aromatic carbocycles. The van der Waals surface area contributed by atoms with Gasteiger partial charge in [0.05, 0.1) is 0 Å². The molecule has 1 saturated carbocycles. The van der Waals surface area contributed by atoms with Gasteiger partial charge in [-0.1, -0.05) is 11.6 Å². The lowest BCUT2D eigenvalue weighted by Crippen LogP contribution is -2.05. The fraction of sp³-hybridized carbons (Fsp3) is 0.300. The minimum Gasteiger partial charge on any atom is -0.398 e. The predicted octanol–water partition coefficient (Wildman–Crippen LogP) is 2.51. The summed E-state index contributed by atoms with van der Waals surface area (Å²) < 4.78 is 0. The van der Waals surface area contributed by atoms with Gasteiger partial charge in [-0.25, -0.2) is 0 Å². The molecule has 1 fully saturated rings. The van der Waals surface area contributed by atoms with E-state index in [0.717, 1.165) is 12.8 Å². The van der Waals surface area contributed by atoms with Crippen molar-refractivity contribution >= 4 is 23.1 Å². The normalized spacial score (nSPS) is 15.8. The molecule has 1 aromatic rings. The molecule has 2 rings (SSSR count). The van der Waals surface area contributed by atoms with E-state index in [1.165, 1.54) is 0 Å². The minimum atomic E-state index is 0.161. The molecule has 1 aliphatic carbocycles. The molecule has 0 heterocycles. The largest absolute Gasteiger partial charge is 0.398 e. The van der Waals surface area contributed by atoms with Gasteiger partial charge >= 0.3 is 0 Å². The van der Waals surface area contributed by atoms with Crippen LogP contribution in [0.4, 0.5) is 5.69 Å². The summed E-state index contributed by atoms with van der Waals surface area (Å²) in [7, 11) is 0. The second-order valence-electron chi connectivity index (χ2n) is 3.37. The molecule has 0 atom stereocenters. The molecular formula is C10H10ClNO. The van der Waals surface area contributed by atoms with E-state index in [9.17, 15) is 4.79 Å². The molecule has 2 nitrogen and oxygen atoms in total. The summed E-state index contributed by atoms with van der Waals surface area (Å²) in [5.74, 6) is 0.373. The smallest absolute Gasteiger partial charge is 0.168 e. The van der Waals surface area contributed by atoms with Crippen LogP contribution in [0.3, 0.4) is 0 Å². The Labute approximate surface area is 81.7 Å². The maximum Gasteiger partial charge on any atom is 0.168 e. The highest BCUT2D eigenvalue weighted by Crippen LogP contribution is 2.34. The van der Waals surface area contributed by atoms with Crippen molar-refractivity contribution in [2.24, 2.45) is 5.92 Å². The Bertz CT molecular complexity index is 358. The van der Waals surface area contributed by atoms with Gasteiger partial charge in [-0.15, -0.1) is 0 Å². The Morgan fingerprint density at radius 1 is 1.46 bits per heavy atom. The average Bonchev–Trinajstić information content (AvgIpc) is 2.85. The molecule has 68 valence electrons. The van der Waals surface area contributed by atoms with Crippen LogP contribution in [0.15, 0.2) is 18.2 Å². The number of anilines is 1. The molecule has 3 heteroatoms. The number of ketones is 1. The number of carbonyl (C=O) groups is 1. The summed E-state index contributed by atoms with van der Waals surface area (Å²) >= 11 is 5.73. The summed E-state index contributed by atoms with van der Waals surface area (Å²) in [5.41, 5.74) is 6.79. The highest BCUT2D eigenvalue weighted by atomic mass is 35.5. The number of rotatable bonds is 2. The van der Waals surface area contributed by atoms with Gasteiger partial charge in [0, 0.05) is 22.2 Å². The van der Waals surface area contributed by atoms with Crippen LogP contribution in [0.2, 0.25) is 5.02 Å². The van der Waals surface area contributed by atoms with Crippen molar-refractivity contribution in [3.63, 3.8) is 0 Å². The van der Waals surface area contributed by atoms with E-state index >= 15 is 0 Å². The molecule has 0 aliphatic heterocycles. The summed E-state index contributed by atoms with van der Waals surface area (Å²) in [4.78, 5) is 11.6. The van der Waals surface area contributed by atoms with Gasteiger partial charge in [-0.3, -0.25) is 4.79 Å².